The third kappa shape index (κ3) is 3.48. The molecule has 3 aromatic rings. The summed E-state index contributed by atoms with van der Waals surface area (Å²) in [6.45, 7) is -0.323. The Morgan fingerprint density at radius 1 is 1.29 bits per heavy atom. The Kier molecular flexibility index (Phi) is 4.37. The van der Waals surface area contributed by atoms with Crippen LogP contribution in [0.4, 0.5) is 14.6 Å². The van der Waals surface area contributed by atoms with Gasteiger partial charge in [-0.3, -0.25) is 9.48 Å². The highest BCUT2D eigenvalue weighted by Gasteiger charge is 2.18. The summed E-state index contributed by atoms with van der Waals surface area (Å²) in [7, 11) is 0. The van der Waals surface area contributed by atoms with E-state index in [0.29, 0.717) is 11.2 Å². The normalized spacial score (nSPS) is 11.0. The zero-order valence-corrected chi connectivity index (χ0v) is 12.9. The van der Waals surface area contributed by atoms with Crippen molar-refractivity contribution >= 4 is 11.7 Å². The number of alkyl halides is 2. The fourth-order valence-corrected chi connectivity index (χ4v) is 2.34. The number of hydrogen-bond acceptors (Lipinski definition) is 3. The maximum Gasteiger partial charge on any atom is 0.333 e. The Balaban J connectivity index is 1.69. The Labute approximate surface area is 136 Å². The average molecular weight is 331 g/mol. The minimum Gasteiger partial charge on any atom is -0.304 e. The highest BCUT2D eigenvalue weighted by Crippen LogP contribution is 2.14. The molecule has 0 spiro atoms. The number of amides is 1. The van der Waals surface area contributed by atoms with Gasteiger partial charge in [-0.1, -0.05) is 29.8 Å². The predicted molar refractivity (Wildman–Crippen MR) is 83.9 cm³/mol. The SMILES string of the molecule is Cc1cccc(Cn2ccc(NC(=O)c3ccnn3C(F)F)n2)c1. The molecular weight excluding hydrogens is 316 g/mol. The molecule has 1 amide bonds. The van der Waals surface area contributed by atoms with Crippen LogP contribution in [0.3, 0.4) is 0 Å². The first-order valence-corrected chi connectivity index (χ1v) is 7.25. The van der Waals surface area contributed by atoms with Gasteiger partial charge in [-0.05, 0) is 18.6 Å². The van der Waals surface area contributed by atoms with Crippen LogP contribution in [0.15, 0.2) is 48.8 Å². The number of nitrogens with zero attached hydrogens (tertiary/aromatic N) is 4. The van der Waals surface area contributed by atoms with E-state index in [1.54, 1.807) is 16.9 Å². The molecule has 24 heavy (non-hydrogen) atoms. The summed E-state index contributed by atoms with van der Waals surface area (Å²) in [5.74, 6) is -0.400. The Morgan fingerprint density at radius 2 is 2.12 bits per heavy atom. The lowest BCUT2D eigenvalue weighted by molar-refractivity contribution is 0.0520. The standard InChI is InChI=1S/C16H15F2N5O/c1-11-3-2-4-12(9-11)10-22-8-6-14(21-22)20-15(24)13-5-7-19-23(13)16(17)18/h2-9,16H,10H2,1H3,(H,20,21,24). The van der Waals surface area contributed by atoms with Gasteiger partial charge in [0.05, 0.1) is 6.54 Å². The molecule has 0 aliphatic rings. The molecule has 8 heteroatoms. The van der Waals surface area contributed by atoms with Gasteiger partial charge in [0.15, 0.2) is 5.82 Å². The molecule has 1 aromatic carbocycles. The molecule has 0 unspecified atom stereocenters. The minimum atomic E-state index is -2.88. The molecule has 1 N–H and O–H groups in total. The highest BCUT2D eigenvalue weighted by molar-refractivity contribution is 6.02. The molecule has 0 bridgehead atoms. The number of anilines is 1. The van der Waals surface area contributed by atoms with E-state index in [9.17, 15) is 13.6 Å². The smallest absolute Gasteiger partial charge is 0.304 e. The van der Waals surface area contributed by atoms with Crippen LogP contribution in [-0.2, 0) is 6.54 Å². The number of benzene rings is 1. The van der Waals surface area contributed by atoms with Crippen molar-refractivity contribution in [2.24, 2.45) is 0 Å². The van der Waals surface area contributed by atoms with Crippen molar-refractivity contribution in [2.45, 2.75) is 20.0 Å². The summed E-state index contributed by atoms with van der Waals surface area (Å²) in [6.07, 6.45) is 2.86. The number of hydrogen-bond donors (Lipinski definition) is 1. The third-order valence-corrected chi connectivity index (χ3v) is 3.40. The van der Waals surface area contributed by atoms with Gasteiger partial charge < -0.3 is 5.32 Å². The van der Waals surface area contributed by atoms with E-state index in [0.717, 1.165) is 17.3 Å². The molecule has 0 saturated carbocycles. The molecule has 0 radical (unpaired) electrons. The van der Waals surface area contributed by atoms with Gasteiger partial charge in [0.1, 0.15) is 5.69 Å². The van der Waals surface area contributed by atoms with Crippen molar-refractivity contribution < 1.29 is 13.6 Å². The Hall–Kier alpha value is -3.03. The Morgan fingerprint density at radius 3 is 2.88 bits per heavy atom. The monoisotopic (exact) mass is 331 g/mol. The first kappa shape index (κ1) is 15.9. The van der Waals surface area contributed by atoms with E-state index in [2.05, 4.69) is 15.5 Å². The summed E-state index contributed by atoms with van der Waals surface area (Å²) < 4.78 is 27.5. The van der Waals surface area contributed by atoms with Crippen molar-refractivity contribution in [3.63, 3.8) is 0 Å². The largest absolute Gasteiger partial charge is 0.333 e. The number of carbonyl (C=O) groups is 1. The molecule has 2 heterocycles. The van der Waals surface area contributed by atoms with Crippen molar-refractivity contribution in [2.75, 3.05) is 5.32 Å². The zero-order chi connectivity index (χ0) is 17.1. The lowest BCUT2D eigenvalue weighted by Crippen LogP contribution is -2.18. The van der Waals surface area contributed by atoms with E-state index in [1.165, 1.54) is 6.07 Å². The van der Waals surface area contributed by atoms with E-state index >= 15 is 0 Å². The van der Waals surface area contributed by atoms with Crippen LogP contribution in [0.25, 0.3) is 0 Å². The predicted octanol–water partition coefficient (Wildman–Crippen LogP) is 3.08. The lowest BCUT2D eigenvalue weighted by Gasteiger charge is -2.06. The zero-order valence-electron chi connectivity index (χ0n) is 12.9. The topological polar surface area (TPSA) is 64.7 Å². The number of rotatable bonds is 5. The van der Waals surface area contributed by atoms with Gasteiger partial charge >= 0.3 is 6.55 Å². The molecule has 0 atom stereocenters. The number of aryl methyl sites for hydroxylation is 1. The summed E-state index contributed by atoms with van der Waals surface area (Å²) in [6, 6.07) is 10.8. The van der Waals surface area contributed by atoms with Crippen LogP contribution in [0.1, 0.15) is 28.2 Å². The van der Waals surface area contributed by atoms with E-state index in [-0.39, 0.29) is 11.5 Å². The molecule has 3 rings (SSSR count). The van der Waals surface area contributed by atoms with Crippen molar-refractivity contribution in [3.05, 3.63) is 65.6 Å². The summed E-state index contributed by atoms with van der Waals surface area (Å²) in [4.78, 5) is 12.1. The van der Waals surface area contributed by atoms with Gasteiger partial charge in [0, 0.05) is 18.5 Å². The van der Waals surface area contributed by atoms with E-state index < -0.39 is 12.5 Å². The molecular formula is C16H15F2N5O. The van der Waals surface area contributed by atoms with Gasteiger partial charge in [-0.15, -0.1) is 0 Å². The van der Waals surface area contributed by atoms with Crippen LogP contribution in [0.5, 0.6) is 0 Å². The highest BCUT2D eigenvalue weighted by atomic mass is 19.3. The van der Waals surface area contributed by atoms with E-state index in [4.69, 9.17) is 0 Å². The number of halogens is 2. The summed E-state index contributed by atoms with van der Waals surface area (Å²) in [5.41, 5.74) is 2.00. The second kappa shape index (κ2) is 6.61. The molecule has 0 fully saturated rings. The summed E-state index contributed by atoms with van der Waals surface area (Å²) in [5, 5.41) is 10.1. The average Bonchev–Trinajstić information content (AvgIpc) is 3.16. The van der Waals surface area contributed by atoms with Crippen LogP contribution in [0.2, 0.25) is 0 Å². The summed E-state index contributed by atoms with van der Waals surface area (Å²) >= 11 is 0. The first-order chi connectivity index (χ1) is 11.5. The van der Waals surface area contributed by atoms with Crippen molar-refractivity contribution in [1.29, 1.82) is 0 Å². The molecule has 6 nitrogen and oxygen atoms in total. The minimum absolute atomic E-state index is 0.224. The molecule has 2 aromatic heterocycles. The van der Waals surface area contributed by atoms with Gasteiger partial charge in [-0.2, -0.15) is 23.7 Å². The number of nitrogens with one attached hydrogen (secondary N) is 1. The second-order valence-corrected chi connectivity index (χ2v) is 5.28. The molecule has 0 aliphatic carbocycles. The number of aromatic nitrogens is 4. The molecule has 0 aliphatic heterocycles. The quantitative estimate of drug-likeness (QED) is 0.781. The van der Waals surface area contributed by atoms with Gasteiger partial charge in [-0.25, -0.2) is 0 Å². The van der Waals surface area contributed by atoms with E-state index in [1.807, 2.05) is 31.2 Å². The van der Waals surface area contributed by atoms with Crippen LogP contribution in [-0.4, -0.2) is 25.5 Å². The van der Waals surface area contributed by atoms with Crippen molar-refractivity contribution in [3.8, 4) is 0 Å². The van der Waals surface area contributed by atoms with Gasteiger partial charge in [0.2, 0.25) is 0 Å². The van der Waals surface area contributed by atoms with Crippen LogP contribution in [0, 0.1) is 6.92 Å². The maximum absolute atomic E-state index is 12.7. The van der Waals surface area contributed by atoms with Crippen molar-refractivity contribution in [1.82, 2.24) is 19.6 Å². The van der Waals surface area contributed by atoms with Crippen LogP contribution >= 0.6 is 0 Å². The van der Waals surface area contributed by atoms with Gasteiger partial charge in [0.25, 0.3) is 5.91 Å². The second-order valence-electron chi connectivity index (χ2n) is 5.28. The Bertz CT molecular complexity index is 856. The third-order valence-electron chi connectivity index (χ3n) is 3.40. The maximum atomic E-state index is 12.7. The van der Waals surface area contributed by atoms with Crippen LogP contribution < -0.4 is 5.32 Å². The fraction of sp³-hybridized carbons (Fsp3) is 0.188. The first-order valence-electron chi connectivity index (χ1n) is 7.25. The lowest BCUT2D eigenvalue weighted by atomic mass is 10.1. The molecule has 0 saturated heterocycles. The molecule has 124 valence electrons. The number of carbonyl (C=O) groups excluding carboxylic acids is 1. The fourth-order valence-electron chi connectivity index (χ4n) is 2.34.